The van der Waals surface area contributed by atoms with Gasteiger partial charge in [0.25, 0.3) is 5.91 Å². The van der Waals surface area contributed by atoms with Gasteiger partial charge in [0.1, 0.15) is 11.6 Å². The molecule has 2 aliphatic heterocycles. The molecule has 0 saturated heterocycles. The molecular formula is C26H24N4O2. The number of para-hydroxylation sites is 3. The van der Waals surface area contributed by atoms with Crippen LogP contribution in [-0.2, 0) is 10.5 Å². The molecule has 3 aromatic carbocycles. The Kier molecular flexibility index (Phi) is 4.05. The third-order valence-corrected chi connectivity index (χ3v) is 6.55. The van der Waals surface area contributed by atoms with E-state index in [1.165, 1.54) is 0 Å². The van der Waals surface area contributed by atoms with Gasteiger partial charge in [0.15, 0.2) is 0 Å². The smallest absolute Gasteiger partial charge is 0.279 e. The Hall–Kier alpha value is -3.80. The van der Waals surface area contributed by atoms with E-state index in [0.717, 1.165) is 58.0 Å². The number of carbonyl (C=O) groups is 1. The Balaban J connectivity index is 1.71. The van der Waals surface area contributed by atoms with Crippen molar-refractivity contribution in [3.05, 3.63) is 72.3 Å². The average molecular weight is 425 g/mol. The molecule has 1 aromatic heterocycles. The molecule has 0 radical (unpaired) electrons. The van der Waals surface area contributed by atoms with Crippen LogP contribution in [0.2, 0.25) is 0 Å². The van der Waals surface area contributed by atoms with Crippen LogP contribution in [0.15, 0.2) is 66.7 Å². The van der Waals surface area contributed by atoms with Crippen LogP contribution >= 0.6 is 0 Å². The number of ether oxygens (including phenoxy) is 1. The number of fused-ring (bicyclic) bond motifs is 8. The minimum absolute atomic E-state index is 0.00751. The summed E-state index contributed by atoms with van der Waals surface area (Å²) in [5, 5.41) is 3.65. The maximum atomic E-state index is 14.3. The first-order valence-electron chi connectivity index (χ1n) is 11.0. The Labute approximate surface area is 186 Å². The van der Waals surface area contributed by atoms with E-state index in [2.05, 4.69) is 16.8 Å². The first-order valence-corrected chi connectivity index (χ1v) is 11.0. The van der Waals surface area contributed by atoms with Crippen molar-refractivity contribution in [2.45, 2.75) is 25.4 Å². The molecule has 2 aliphatic rings. The Morgan fingerprint density at radius 1 is 1.06 bits per heavy atom. The predicted octanol–water partition coefficient (Wildman–Crippen LogP) is 4.99. The van der Waals surface area contributed by atoms with E-state index in [4.69, 9.17) is 9.72 Å². The molecule has 1 atom stereocenters. The quantitative estimate of drug-likeness (QED) is 0.502. The summed E-state index contributed by atoms with van der Waals surface area (Å²) in [5.41, 5.74) is 4.34. The third-order valence-electron chi connectivity index (χ3n) is 6.55. The standard InChI is InChI=1S/C26H24N4O2/c1-3-4-15-29-22-14-13-17(32-2)16-19(22)26(25(29)31)28-20-10-6-5-9-18(20)24-27-21-11-7-8-12-23(21)30(24)26/h5-14,16,28H,3-4,15H2,1-2H3. The van der Waals surface area contributed by atoms with Gasteiger partial charge in [-0.2, -0.15) is 0 Å². The fraction of sp³-hybridized carbons (Fsp3) is 0.231. The van der Waals surface area contributed by atoms with Crippen molar-refractivity contribution >= 4 is 28.3 Å². The second-order valence-electron chi connectivity index (χ2n) is 8.33. The lowest BCUT2D eigenvalue weighted by atomic mass is 9.95. The van der Waals surface area contributed by atoms with Gasteiger partial charge in [-0.15, -0.1) is 0 Å². The number of amides is 1. The van der Waals surface area contributed by atoms with Crippen molar-refractivity contribution in [2.24, 2.45) is 0 Å². The van der Waals surface area contributed by atoms with E-state index < -0.39 is 5.66 Å². The van der Waals surface area contributed by atoms with Crippen LogP contribution < -0.4 is 15.0 Å². The van der Waals surface area contributed by atoms with Gasteiger partial charge in [-0.1, -0.05) is 37.6 Å². The summed E-state index contributed by atoms with van der Waals surface area (Å²) in [7, 11) is 1.65. The fourth-order valence-corrected chi connectivity index (χ4v) is 5.05. The van der Waals surface area contributed by atoms with Gasteiger partial charge in [0, 0.05) is 23.4 Å². The van der Waals surface area contributed by atoms with E-state index in [1.54, 1.807) is 7.11 Å². The number of hydrogen-bond donors (Lipinski definition) is 1. The van der Waals surface area contributed by atoms with Crippen LogP contribution in [0, 0.1) is 0 Å². The predicted molar refractivity (Wildman–Crippen MR) is 126 cm³/mol. The number of carbonyl (C=O) groups excluding carboxylic acids is 1. The van der Waals surface area contributed by atoms with E-state index >= 15 is 0 Å². The van der Waals surface area contributed by atoms with Crippen molar-refractivity contribution in [2.75, 3.05) is 23.9 Å². The van der Waals surface area contributed by atoms with Crippen LogP contribution in [-0.4, -0.2) is 29.1 Å². The number of benzene rings is 3. The molecule has 6 nitrogen and oxygen atoms in total. The molecule has 0 aliphatic carbocycles. The molecule has 1 N–H and O–H groups in total. The van der Waals surface area contributed by atoms with Crippen LogP contribution in [0.5, 0.6) is 5.75 Å². The number of nitrogens with zero attached hydrogens (tertiary/aromatic N) is 3. The monoisotopic (exact) mass is 424 g/mol. The molecule has 6 heteroatoms. The molecule has 160 valence electrons. The maximum Gasteiger partial charge on any atom is 0.279 e. The lowest BCUT2D eigenvalue weighted by Crippen LogP contribution is -2.53. The summed E-state index contributed by atoms with van der Waals surface area (Å²) in [5.74, 6) is 1.52. The zero-order valence-corrected chi connectivity index (χ0v) is 18.1. The van der Waals surface area contributed by atoms with Crippen LogP contribution in [0.4, 0.5) is 11.4 Å². The lowest BCUT2D eigenvalue weighted by molar-refractivity contribution is -0.123. The molecule has 0 saturated carbocycles. The topological polar surface area (TPSA) is 59.4 Å². The first-order chi connectivity index (χ1) is 15.7. The van der Waals surface area contributed by atoms with Crippen molar-refractivity contribution in [3.8, 4) is 17.1 Å². The SMILES string of the molecule is CCCCN1C(=O)C2(Nc3ccccc3-c3nc4ccccc4n32)c2cc(OC)ccc21. The highest BCUT2D eigenvalue weighted by Crippen LogP contribution is 2.51. The van der Waals surface area contributed by atoms with Gasteiger partial charge in [-0.25, -0.2) is 4.98 Å². The van der Waals surface area contributed by atoms with Crippen molar-refractivity contribution in [1.82, 2.24) is 9.55 Å². The van der Waals surface area contributed by atoms with Crippen LogP contribution in [0.25, 0.3) is 22.4 Å². The molecule has 1 unspecified atom stereocenters. The second kappa shape index (κ2) is 6.85. The number of hydrogen-bond acceptors (Lipinski definition) is 4. The van der Waals surface area contributed by atoms with Crippen LogP contribution in [0.1, 0.15) is 25.3 Å². The summed E-state index contributed by atoms with van der Waals surface area (Å²) in [6, 6.07) is 22.0. The summed E-state index contributed by atoms with van der Waals surface area (Å²) in [4.78, 5) is 21.2. The first kappa shape index (κ1) is 18.9. The lowest BCUT2D eigenvalue weighted by Gasteiger charge is -2.38. The van der Waals surface area contributed by atoms with Crippen molar-refractivity contribution < 1.29 is 9.53 Å². The molecule has 1 spiro atoms. The summed E-state index contributed by atoms with van der Waals surface area (Å²) < 4.78 is 7.65. The molecule has 1 amide bonds. The summed E-state index contributed by atoms with van der Waals surface area (Å²) in [6.45, 7) is 2.81. The number of unbranched alkanes of at least 4 members (excludes halogenated alkanes) is 1. The number of anilines is 2. The van der Waals surface area contributed by atoms with Gasteiger partial charge < -0.3 is 15.0 Å². The van der Waals surface area contributed by atoms with Gasteiger partial charge in [0.05, 0.1) is 23.8 Å². The van der Waals surface area contributed by atoms with Gasteiger partial charge in [0.2, 0.25) is 5.66 Å². The van der Waals surface area contributed by atoms with E-state index in [0.29, 0.717) is 6.54 Å². The molecule has 4 aromatic rings. The number of nitrogens with one attached hydrogen (secondary N) is 1. The van der Waals surface area contributed by atoms with Gasteiger partial charge in [-0.05, 0) is 48.9 Å². The molecule has 0 fully saturated rings. The molecule has 32 heavy (non-hydrogen) atoms. The fourth-order valence-electron chi connectivity index (χ4n) is 5.05. The van der Waals surface area contributed by atoms with E-state index in [9.17, 15) is 4.79 Å². The largest absolute Gasteiger partial charge is 0.497 e. The third kappa shape index (κ3) is 2.35. The minimum atomic E-state index is -1.13. The molecule has 0 bridgehead atoms. The Morgan fingerprint density at radius 2 is 1.88 bits per heavy atom. The average Bonchev–Trinajstić information content (AvgIpc) is 3.33. The zero-order chi connectivity index (χ0) is 21.9. The Bertz CT molecular complexity index is 1380. The van der Waals surface area contributed by atoms with Crippen LogP contribution in [0.3, 0.4) is 0 Å². The highest BCUT2D eigenvalue weighted by Gasteiger charge is 2.56. The number of rotatable bonds is 4. The van der Waals surface area contributed by atoms with E-state index in [1.807, 2.05) is 71.6 Å². The van der Waals surface area contributed by atoms with Gasteiger partial charge >= 0.3 is 0 Å². The summed E-state index contributed by atoms with van der Waals surface area (Å²) >= 11 is 0. The maximum absolute atomic E-state index is 14.3. The zero-order valence-electron chi connectivity index (χ0n) is 18.1. The number of aromatic nitrogens is 2. The van der Waals surface area contributed by atoms with Crippen molar-refractivity contribution in [1.29, 1.82) is 0 Å². The molecule has 3 heterocycles. The highest BCUT2D eigenvalue weighted by atomic mass is 16.5. The normalized spacial score (nSPS) is 18.4. The molecule has 6 rings (SSSR count). The second-order valence-corrected chi connectivity index (χ2v) is 8.33. The Morgan fingerprint density at radius 3 is 2.72 bits per heavy atom. The number of imidazole rings is 1. The minimum Gasteiger partial charge on any atom is -0.497 e. The number of methoxy groups -OCH3 is 1. The summed E-state index contributed by atoms with van der Waals surface area (Å²) in [6.07, 6.45) is 1.94. The van der Waals surface area contributed by atoms with Gasteiger partial charge in [-0.3, -0.25) is 9.36 Å². The van der Waals surface area contributed by atoms with E-state index in [-0.39, 0.29) is 5.91 Å². The highest BCUT2D eigenvalue weighted by molar-refractivity contribution is 6.12. The molecular weight excluding hydrogens is 400 g/mol. The van der Waals surface area contributed by atoms with Crippen molar-refractivity contribution in [3.63, 3.8) is 0 Å².